The highest BCUT2D eigenvalue weighted by molar-refractivity contribution is 7.20. The molecular weight excluding hydrogens is 393 g/mol. The van der Waals surface area contributed by atoms with Gasteiger partial charge < -0.3 is 4.90 Å². The minimum atomic E-state index is 0.659. The van der Waals surface area contributed by atoms with Crippen molar-refractivity contribution in [3.05, 3.63) is 82.9 Å². The van der Waals surface area contributed by atoms with E-state index in [-0.39, 0.29) is 0 Å². The first kappa shape index (κ1) is 25.6. The summed E-state index contributed by atoms with van der Waals surface area (Å²) in [5.74, 6) is 0.659. The van der Waals surface area contributed by atoms with Gasteiger partial charge in [0, 0.05) is 6.54 Å². The summed E-state index contributed by atoms with van der Waals surface area (Å²) >= 11 is 0. The normalized spacial score (nSPS) is 12.2. The van der Waals surface area contributed by atoms with Gasteiger partial charge in [-0.2, -0.15) is 0 Å². The molecule has 2 rings (SSSR count). The van der Waals surface area contributed by atoms with Gasteiger partial charge in [-0.3, -0.25) is 0 Å². The van der Waals surface area contributed by atoms with Crippen molar-refractivity contribution in [2.45, 2.75) is 65.2 Å². The predicted octanol–water partition coefficient (Wildman–Crippen LogP) is 7.21. The van der Waals surface area contributed by atoms with Gasteiger partial charge >= 0.3 is 0 Å². The van der Waals surface area contributed by atoms with Crippen molar-refractivity contribution >= 4 is 14.2 Å². The van der Waals surface area contributed by atoms with Gasteiger partial charge in [0.15, 0.2) is 0 Å². The molecule has 2 aromatic carbocycles. The highest BCUT2D eigenvalue weighted by Gasteiger charge is 2.13. The summed E-state index contributed by atoms with van der Waals surface area (Å²) in [4.78, 5) is 2.33. The molecule has 2 heteroatoms. The Labute approximate surface area is 193 Å². The molecule has 2 aromatic rings. The minimum absolute atomic E-state index is 0.659. The van der Waals surface area contributed by atoms with Crippen LogP contribution in [0.1, 0.15) is 61.8 Å². The maximum absolute atomic E-state index is 4.37. The molecule has 1 unspecified atom stereocenters. The van der Waals surface area contributed by atoms with E-state index in [0.29, 0.717) is 5.92 Å². The van der Waals surface area contributed by atoms with Gasteiger partial charge in [-0.15, -0.1) is 8.86 Å². The first-order chi connectivity index (χ1) is 14.9. The average molecular weight is 436 g/mol. The van der Waals surface area contributed by atoms with Crippen LogP contribution in [0.2, 0.25) is 0 Å². The Morgan fingerprint density at radius 3 is 2.26 bits per heavy atom. The Morgan fingerprint density at radius 1 is 0.935 bits per heavy atom. The quantitative estimate of drug-likeness (QED) is 0.224. The summed E-state index contributed by atoms with van der Waals surface area (Å²) in [5, 5.41) is 1.31. The first-order valence-corrected chi connectivity index (χ1v) is 12.4. The molecule has 0 aliphatic rings. The van der Waals surface area contributed by atoms with E-state index in [1.54, 1.807) is 0 Å². The second-order valence-electron chi connectivity index (χ2n) is 9.34. The number of nitrogens with zero attached hydrogens (tertiary/aromatic N) is 1. The summed E-state index contributed by atoms with van der Waals surface area (Å²) in [6.07, 6.45) is 9.02. The molecule has 0 spiro atoms. The van der Waals surface area contributed by atoms with Crippen molar-refractivity contribution in [3.8, 4) is 0 Å². The fourth-order valence-corrected chi connectivity index (χ4v) is 4.46. The lowest BCUT2D eigenvalue weighted by Crippen LogP contribution is -2.22. The summed E-state index contributed by atoms with van der Waals surface area (Å²) in [7, 11) is 8.01. The minimum Gasteiger partial charge on any atom is -0.309 e. The van der Waals surface area contributed by atoms with Gasteiger partial charge in [0.2, 0.25) is 0 Å². The van der Waals surface area contributed by atoms with Crippen LogP contribution in [0.3, 0.4) is 0 Å². The average Bonchev–Trinajstić information content (AvgIpc) is 2.75. The van der Waals surface area contributed by atoms with Crippen LogP contribution < -0.4 is 0 Å². The molecule has 0 saturated heterocycles. The standard InChI is InChI=1S/C29H42NP/c1-6-25-10-9-11-26(21-25)16-18-28-12-7-8-13-29(28)19-17-27(22-30(4)5)20-23(2)14-15-24(3)31/h7-13,21,27,31H,2,6,14-20,22H2,1,3-5H3. The van der Waals surface area contributed by atoms with Crippen molar-refractivity contribution in [1.82, 2.24) is 4.90 Å². The molecule has 0 amide bonds. The topological polar surface area (TPSA) is 3.24 Å². The van der Waals surface area contributed by atoms with E-state index in [1.165, 1.54) is 39.5 Å². The van der Waals surface area contributed by atoms with Crippen molar-refractivity contribution in [2.24, 2.45) is 5.92 Å². The Hall–Kier alpha value is -1.69. The lowest BCUT2D eigenvalue weighted by molar-refractivity contribution is 0.309. The van der Waals surface area contributed by atoms with Crippen LogP contribution in [0.4, 0.5) is 0 Å². The van der Waals surface area contributed by atoms with E-state index in [1.807, 2.05) is 0 Å². The molecule has 0 N–H and O–H groups in total. The smallest absolute Gasteiger partial charge is 0.000673 e. The van der Waals surface area contributed by atoms with Gasteiger partial charge in [-0.25, -0.2) is 0 Å². The van der Waals surface area contributed by atoms with Crippen LogP contribution in [0.5, 0.6) is 0 Å². The molecule has 0 fully saturated rings. The van der Waals surface area contributed by atoms with Crippen molar-refractivity contribution in [3.63, 3.8) is 0 Å². The lowest BCUT2D eigenvalue weighted by Gasteiger charge is -2.23. The van der Waals surface area contributed by atoms with Gasteiger partial charge in [0.05, 0.1) is 0 Å². The van der Waals surface area contributed by atoms with Crippen LogP contribution in [-0.4, -0.2) is 30.8 Å². The highest BCUT2D eigenvalue weighted by Crippen LogP contribution is 2.23. The van der Waals surface area contributed by atoms with E-state index in [0.717, 1.165) is 51.5 Å². The first-order valence-electron chi connectivity index (χ1n) is 11.9. The third-order valence-corrected chi connectivity index (χ3v) is 6.33. The van der Waals surface area contributed by atoms with Gasteiger partial charge in [0.1, 0.15) is 0 Å². The fraction of sp³-hybridized carbons (Fsp3) is 0.483. The van der Waals surface area contributed by atoms with E-state index in [9.17, 15) is 0 Å². The largest absolute Gasteiger partial charge is 0.309 e. The van der Waals surface area contributed by atoms with Crippen molar-refractivity contribution < 1.29 is 0 Å². The van der Waals surface area contributed by atoms with Crippen LogP contribution in [0.25, 0.3) is 0 Å². The SMILES string of the molecule is C=C(CCC(C)=P)CC(CCc1ccccc1CCc1cccc(CC)c1)CN(C)C. The molecular formula is C29H42NP. The molecule has 31 heavy (non-hydrogen) atoms. The van der Waals surface area contributed by atoms with Crippen LogP contribution in [0.15, 0.2) is 60.7 Å². The van der Waals surface area contributed by atoms with E-state index >= 15 is 0 Å². The summed E-state index contributed by atoms with van der Waals surface area (Å²) < 4.78 is 0. The number of aryl methyl sites for hydroxylation is 4. The predicted molar refractivity (Wildman–Crippen MR) is 142 cm³/mol. The summed E-state index contributed by atoms with van der Waals surface area (Å²) in [5.41, 5.74) is 7.30. The van der Waals surface area contributed by atoms with Crippen molar-refractivity contribution in [1.29, 1.82) is 0 Å². The molecule has 1 nitrogen and oxygen atoms in total. The Bertz CT molecular complexity index is 836. The third kappa shape index (κ3) is 9.98. The van der Waals surface area contributed by atoms with E-state index in [4.69, 9.17) is 0 Å². The Kier molecular flexibility index (Phi) is 11.3. The highest BCUT2D eigenvalue weighted by atomic mass is 31.0. The summed E-state index contributed by atoms with van der Waals surface area (Å²) in [6.45, 7) is 9.86. The molecule has 0 aliphatic heterocycles. The van der Waals surface area contributed by atoms with Crippen molar-refractivity contribution in [2.75, 3.05) is 20.6 Å². The monoisotopic (exact) mass is 435 g/mol. The van der Waals surface area contributed by atoms with Gasteiger partial charge in [0.25, 0.3) is 0 Å². The number of hydrogen-bond acceptors (Lipinski definition) is 1. The Morgan fingerprint density at radius 2 is 1.61 bits per heavy atom. The summed E-state index contributed by atoms with van der Waals surface area (Å²) in [6, 6.07) is 18.1. The van der Waals surface area contributed by atoms with E-state index < -0.39 is 0 Å². The van der Waals surface area contributed by atoms with Gasteiger partial charge in [-0.1, -0.05) is 72.9 Å². The molecule has 0 heterocycles. The molecule has 1 atom stereocenters. The molecule has 0 aliphatic carbocycles. The zero-order valence-electron chi connectivity index (χ0n) is 20.2. The van der Waals surface area contributed by atoms with Crippen LogP contribution in [0, 0.1) is 5.92 Å². The number of allylic oxidation sites excluding steroid dienone is 1. The molecule has 0 saturated carbocycles. The molecule has 0 bridgehead atoms. The van der Waals surface area contributed by atoms with Gasteiger partial charge in [-0.05, 0) is 101 Å². The maximum Gasteiger partial charge on any atom is 0.000673 e. The molecule has 0 radical (unpaired) electrons. The fourth-order valence-electron chi connectivity index (χ4n) is 4.34. The van der Waals surface area contributed by atoms with Crippen LogP contribution in [-0.2, 0) is 25.7 Å². The second-order valence-corrected chi connectivity index (χ2v) is 10.2. The lowest BCUT2D eigenvalue weighted by atomic mass is 9.89. The second kappa shape index (κ2) is 13.7. The zero-order valence-corrected chi connectivity index (χ0v) is 21.2. The number of hydrogen-bond donors (Lipinski definition) is 0. The molecule has 0 aromatic heterocycles. The number of benzene rings is 2. The Balaban J connectivity index is 1.98. The number of rotatable bonds is 14. The van der Waals surface area contributed by atoms with E-state index in [2.05, 4.69) is 96.8 Å². The zero-order chi connectivity index (χ0) is 22.6. The third-order valence-electron chi connectivity index (χ3n) is 6.08. The molecule has 168 valence electrons. The van der Waals surface area contributed by atoms with Crippen LogP contribution >= 0.6 is 8.86 Å². The maximum atomic E-state index is 4.37.